The molecule has 2 fully saturated rings. The van der Waals surface area contributed by atoms with Crippen LogP contribution in [0.3, 0.4) is 0 Å². The largest absolute Gasteiger partial charge is 0.373 e. The predicted octanol–water partition coefficient (Wildman–Crippen LogP) is 4.56. The average Bonchev–Trinajstić information content (AvgIpc) is 2.96. The summed E-state index contributed by atoms with van der Waals surface area (Å²) < 4.78 is 5.88. The Kier molecular flexibility index (Phi) is 4.89. The fourth-order valence-electron chi connectivity index (χ4n) is 4.26. The van der Waals surface area contributed by atoms with Gasteiger partial charge in [0.15, 0.2) is 0 Å². The van der Waals surface area contributed by atoms with E-state index in [1.807, 2.05) is 0 Å². The molecule has 3 rings (SSSR count). The summed E-state index contributed by atoms with van der Waals surface area (Å²) in [6, 6.07) is 10.1. The van der Waals surface area contributed by atoms with Gasteiger partial charge >= 0.3 is 0 Å². The molecule has 1 aromatic rings. The van der Waals surface area contributed by atoms with Crippen LogP contribution in [-0.2, 0) is 4.74 Å². The summed E-state index contributed by atoms with van der Waals surface area (Å²) in [6.45, 7) is 11.2. The highest BCUT2D eigenvalue weighted by Gasteiger charge is 2.33. The van der Waals surface area contributed by atoms with E-state index >= 15 is 0 Å². The van der Waals surface area contributed by atoms with Gasteiger partial charge in [-0.25, -0.2) is 0 Å². The molecule has 0 spiro atoms. The molecule has 1 aliphatic carbocycles. The molecule has 122 valence electrons. The average molecular weight is 301 g/mol. The van der Waals surface area contributed by atoms with E-state index < -0.39 is 0 Å². The van der Waals surface area contributed by atoms with Crippen LogP contribution in [0.4, 0.5) is 0 Å². The maximum Gasteiger partial charge on any atom is 0.0678 e. The molecule has 0 amide bonds. The lowest BCUT2D eigenvalue weighted by molar-refractivity contribution is -0.0796. The van der Waals surface area contributed by atoms with Crippen LogP contribution in [0.15, 0.2) is 24.3 Å². The Balaban J connectivity index is 1.62. The third-order valence-corrected chi connectivity index (χ3v) is 5.44. The van der Waals surface area contributed by atoms with Crippen molar-refractivity contribution in [1.29, 1.82) is 0 Å². The molecule has 2 unspecified atom stereocenters. The Morgan fingerprint density at radius 3 is 2.23 bits per heavy atom. The Morgan fingerprint density at radius 1 is 1.00 bits per heavy atom. The number of hydrogen-bond donors (Lipinski definition) is 0. The van der Waals surface area contributed by atoms with Crippen molar-refractivity contribution in [2.45, 2.75) is 77.0 Å². The van der Waals surface area contributed by atoms with Gasteiger partial charge in [-0.3, -0.25) is 4.90 Å². The lowest BCUT2D eigenvalue weighted by atomic mass is 9.94. The quantitative estimate of drug-likeness (QED) is 0.812. The van der Waals surface area contributed by atoms with Crippen LogP contribution in [0.5, 0.6) is 0 Å². The summed E-state index contributed by atoms with van der Waals surface area (Å²) in [4.78, 5) is 2.68. The van der Waals surface area contributed by atoms with Gasteiger partial charge < -0.3 is 4.74 Å². The van der Waals surface area contributed by atoms with Crippen LogP contribution in [0, 0.1) is 0 Å². The Labute approximate surface area is 135 Å². The van der Waals surface area contributed by atoms with E-state index in [1.165, 1.54) is 24.8 Å². The Hall–Kier alpha value is -0.860. The van der Waals surface area contributed by atoms with Crippen molar-refractivity contribution in [3.63, 3.8) is 0 Å². The van der Waals surface area contributed by atoms with E-state index in [-0.39, 0.29) is 0 Å². The van der Waals surface area contributed by atoms with Crippen LogP contribution in [0.25, 0.3) is 0 Å². The number of rotatable bonds is 3. The first-order chi connectivity index (χ1) is 10.5. The minimum Gasteiger partial charge on any atom is -0.373 e. The first kappa shape index (κ1) is 16.0. The second-order valence-corrected chi connectivity index (χ2v) is 7.70. The second kappa shape index (κ2) is 6.72. The van der Waals surface area contributed by atoms with Crippen LogP contribution in [-0.4, -0.2) is 36.2 Å². The van der Waals surface area contributed by atoms with E-state index in [9.17, 15) is 0 Å². The van der Waals surface area contributed by atoms with Gasteiger partial charge in [-0.15, -0.1) is 0 Å². The zero-order valence-electron chi connectivity index (χ0n) is 14.6. The molecule has 22 heavy (non-hydrogen) atoms. The van der Waals surface area contributed by atoms with Crippen LogP contribution in [0.1, 0.15) is 69.9 Å². The van der Waals surface area contributed by atoms with E-state index in [0.29, 0.717) is 18.1 Å². The van der Waals surface area contributed by atoms with Gasteiger partial charge in [0.2, 0.25) is 0 Å². The molecule has 1 aromatic carbocycles. The molecule has 0 radical (unpaired) electrons. The SMILES string of the molecule is CC(C)c1ccc(C2CCC(N3C[C@@H](C)O[C@@H](C)C3)C2)cc1. The minimum atomic E-state index is 0.383. The van der Waals surface area contributed by atoms with Gasteiger partial charge in [0.05, 0.1) is 12.2 Å². The standard InChI is InChI=1S/C20H31NO/c1-14(2)17-5-7-18(8-6-17)19-9-10-20(11-19)21-12-15(3)22-16(4)13-21/h5-8,14-16,19-20H,9-13H2,1-4H3/t15-,16+,19?,20?. The maximum absolute atomic E-state index is 5.88. The zero-order chi connectivity index (χ0) is 15.7. The summed E-state index contributed by atoms with van der Waals surface area (Å²) in [7, 11) is 0. The van der Waals surface area contributed by atoms with Crippen molar-refractivity contribution in [1.82, 2.24) is 4.90 Å². The summed E-state index contributed by atoms with van der Waals surface area (Å²) in [6.07, 6.45) is 4.77. The maximum atomic E-state index is 5.88. The highest BCUT2D eigenvalue weighted by Crippen LogP contribution is 2.38. The Morgan fingerprint density at radius 2 is 1.64 bits per heavy atom. The van der Waals surface area contributed by atoms with Gasteiger partial charge in [-0.1, -0.05) is 38.1 Å². The summed E-state index contributed by atoms with van der Waals surface area (Å²) in [5.74, 6) is 1.38. The minimum absolute atomic E-state index is 0.383. The first-order valence-electron chi connectivity index (χ1n) is 9.02. The molecule has 1 aliphatic heterocycles. The lowest BCUT2D eigenvalue weighted by Gasteiger charge is -2.39. The third kappa shape index (κ3) is 3.55. The molecule has 2 nitrogen and oxygen atoms in total. The van der Waals surface area contributed by atoms with Crippen LogP contribution >= 0.6 is 0 Å². The molecule has 2 heteroatoms. The van der Waals surface area contributed by atoms with E-state index in [4.69, 9.17) is 4.74 Å². The fourth-order valence-corrected chi connectivity index (χ4v) is 4.26. The van der Waals surface area contributed by atoms with Gasteiger partial charge in [0.1, 0.15) is 0 Å². The smallest absolute Gasteiger partial charge is 0.0678 e. The third-order valence-electron chi connectivity index (χ3n) is 5.44. The van der Waals surface area contributed by atoms with Crippen LogP contribution in [0.2, 0.25) is 0 Å². The number of ether oxygens (including phenoxy) is 1. The summed E-state index contributed by atoms with van der Waals surface area (Å²) in [5.41, 5.74) is 3.00. The monoisotopic (exact) mass is 301 g/mol. The predicted molar refractivity (Wildman–Crippen MR) is 92.5 cm³/mol. The fraction of sp³-hybridized carbons (Fsp3) is 0.700. The van der Waals surface area contributed by atoms with Crippen molar-refractivity contribution in [2.75, 3.05) is 13.1 Å². The summed E-state index contributed by atoms with van der Waals surface area (Å²) in [5, 5.41) is 0. The molecule has 1 saturated heterocycles. The number of benzene rings is 1. The normalized spacial score (nSPS) is 33.5. The van der Waals surface area contributed by atoms with Crippen molar-refractivity contribution in [3.05, 3.63) is 35.4 Å². The molecule has 1 heterocycles. The van der Waals surface area contributed by atoms with Gasteiger partial charge in [-0.05, 0) is 56.1 Å². The number of nitrogens with zero attached hydrogens (tertiary/aromatic N) is 1. The number of morpholine rings is 1. The summed E-state index contributed by atoms with van der Waals surface area (Å²) >= 11 is 0. The molecule has 0 bridgehead atoms. The Bertz CT molecular complexity index is 471. The molecule has 0 N–H and O–H groups in total. The highest BCUT2D eigenvalue weighted by molar-refractivity contribution is 5.28. The highest BCUT2D eigenvalue weighted by atomic mass is 16.5. The molecule has 1 saturated carbocycles. The van der Waals surface area contributed by atoms with Crippen LogP contribution < -0.4 is 0 Å². The van der Waals surface area contributed by atoms with E-state index in [2.05, 4.69) is 56.9 Å². The van der Waals surface area contributed by atoms with E-state index in [0.717, 1.165) is 25.0 Å². The molecule has 4 atom stereocenters. The van der Waals surface area contributed by atoms with Gasteiger partial charge in [-0.2, -0.15) is 0 Å². The van der Waals surface area contributed by atoms with Crippen molar-refractivity contribution in [3.8, 4) is 0 Å². The molecule has 2 aliphatic rings. The van der Waals surface area contributed by atoms with Gasteiger partial charge in [0.25, 0.3) is 0 Å². The topological polar surface area (TPSA) is 12.5 Å². The zero-order valence-corrected chi connectivity index (χ0v) is 14.6. The number of hydrogen-bond acceptors (Lipinski definition) is 2. The first-order valence-corrected chi connectivity index (χ1v) is 9.02. The second-order valence-electron chi connectivity index (χ2n) is 7.70. The molecular weight excluding hydrogens is 270 g/mol. The van der Waals surface area contributed by atoms with Crippen molar-refractivity contribution < 1.29 is 4.74 Å². The molecule has 0 aromatic heterocycles. The lowest BCUT2D eigenvalue weighted by Crippen LogP contribution is -2.49. The van der Waals surface area contributed by atoms with Crippen molar-refractivity contribution >= 4 is 0 Å². The van der Waals surface area contributed by atoms with E-state index in [1.54, 1.807) is 5.56 Å². The molecular formula is C20H31NO. The van der Waals surface area contributed by atoms with Crippen molar-refractivity contribution in [2.24, 2.45) is 0 Å². The van der Waals surface area contributed by atoms with Gasteiger partial charge in [0, 0.05) is 19.1 Å².